The Morgan fingerprint density at radius 2 is 1.76 bits per heavy atom. The molecule has 1 saturated heterocycles. The lowest BCUT2D eigenvalue weighted by Gasteiger charge is -2.27. The average Bonchev–Trinajstić information content (AvgIpc) is 2.74. The molecular weight excluding hydrogens is 345 g/mol. The number of carbonyl (C=O) groups excluding carboxylic acids is 2. The second kappa shape index (κ2) is 7.23. The van der Waals surface area contributed by atoms with Gasteiger partial charge in [0.1, 0.15) is 11.6 Å². The van der Waals surface area contributed by atoms with Crippen molar-refractivity contribution in [3.63, 3.8) is 0 Å². The minimum atomic E-state index is -3.53. The summed E-state index contributed by atoms with van der Waals surface area (Å²) in [6.07, 6.45) is 2.11. The molecule has 0 radical (unpaired) electrons. The third kappa shape index (κ3) is 3.92. The number of ketones is 1. The predicted molar refractivity (Wildman–Crippen MR) is 91.1 cm³/mol. The van der Waals surface area contributed by atoms with E-state index < -0.39 is 20.9 Å². The highest BCUT2D eigenvalue weighted by atomic mass is 32.2. The monoisotopic (exact) mass is 367 g/mol. The molecule has 1 aromatic rings. The first kappa shape index (κ1) is 18.0. The highest BCUT2D eigenvalue weighted by molar-refractivity contribution is 7.91. The minimum absolute atomic E-state index is 0.0723. The molecule has 1 heterocycles. The molecule has 136 valence electrons. The van der Waals surface area contributed by atoms with Crippen molar-refractivity contribution in [2.75, 3.05) is 18.8 Å². The van der Waals surface area contributed by atoms with Crippen LogP contribution < -0.4 is 0 Å². The SMILES string of the molecule is O=C1CCC(C(=O)N2CCC(c3ccccc3F)S(=O)(=O)CC2)CC1. The predicted octanol–water partition coefficient (Wildman–Crippen LogP) is 2.27. The molecule has 0 spiro atoms. The fourth-order valence-electron chi connectivity index (χ4n) is 3.69. The maximum absolute atomic E-state index is 14.1. The molecular formula is C18H22FNO4S. The van der Waals surface area contributed by atoms with Crippen molar-refractivity contribution in [1.82, 2.24) is 4.90 Å². The van der Waals surface area contributed by atoms with Crippen molar-refractivity contribution in [2.45, 2.75) is 37.4 Å². The molecule has 0 N–H and O–H groups in total. The van der Waals surface area contributed by atoms with Crippen molar-refractivity contribution < 1.29 is 22.4 Å². The van der Waals surface area contributed by atoms with Crippen LogP contribution in [0.25, 0.3) is 0 Å². The van der Waals surface area contributed by atoms with Gasteiger partial charge in [0.05, 0.1) is 11.0 Å². The van der Waals surface area contributed by atoms with Gasteiger partial charge in [0, 0.05) is 37.4 Å². The van der Waals surface area contributed by atoms with Crippen LogP contribution in [0.2, 0.25) is 0 Å². The zero-order valence-corrected chi connectivity index (χ0v) is 14.8. The molecule has 0 bridgehead atoms. The van der Waals surface area contributed by atoms with Crippen LogP contribution in [-0.2, 0) is 19.4 Å². The summed E-state index contributed by atoms with van der Waals surface area (Å²) in [5.41, 5.74) is 0.181. The number of halogens is 1. The summed E-state index contributed by atoms with van der Waals surface area (Å²) < 4.78 is 39.2. The maximum atomic E-state index is 14.1. The fourth-order valence-corrected chi connectivity index (χ4v) is 5.50. The van der Waals surface area contributed by atoms with Crippen LogP contribution >= 0.6 is 0 Å². The summed E-state index contributed by atoms with van der Waals surface area (Å²) in [5.74, 6) is -0.783. The van der Waals surface area contributed by atoms with Gasteiger partial charge in [-0.15, -0.1) is 0 Å². The minimum Gasteiger partial charge on any atom is -0.341 e. The van der Waals surface area contributed by atoms with Crippen LogP contribution in [0.15, 0.2) is 24.3 Å². The number of hydrogen-bond donors (Lipinski definition) is 0. The Kier molecular flexibility index (Phi) is 5.22. The standard InChI is InChI=1S/C18H22FNO4S/c19-16-4-2-1-3-15(16)17-9-10-20(11-12-25(17,23)24)18(22)13-5-7-14(21)8-6-13/h1-4,13,17H,5-12H2. The van der Waals surface area contributed by atoms with Gasteiger partial charge in [0.2, 0.25) is 5.91 Å². The summed E-state index contributed by atoms with van der Waals surface area (Å²) in [4.78, 5) is 25.6. The summed E-state index contributed by atoms with van der Waals surface area (Å²) in [7, 11) is -3.53. The number of Topliss-reactive ketones (excluding diaryl/α,β-unsaturated/α-hetero) is 1. The first-order valence-electron chi connectivity index (χ1n) is 8.65. The van der Waals surface area contributed by atoms with Gasteiger partial charge in [-0.2, -0.15) is 0 Å². The lowest BCUT2D eigenvalue weighted by molar-refractivity contribution is -0.137. The van der Waals surface area contributed by atoms with E-state index in [0.29, 0.717) is 32.2 Å². The summed E-state index contributed by atoms with van der Waals surface area (Å²) in [6, 6.07) is 5.92. The van der Waals surface area contributed by atoms with Gasteiger partial charge in [-0.1, -0.05) is 18.2 Å². The number of hydrogen-bond acceptors (Lipinski definition) is 4. The van der Waals surface area contributed by atoms with E-state index in [9.17, 15) is 22.4 Å². The molecule has 1 aromatic carbocycles. The van der Waals surface area contributed by atoms with Gasteiger partial charge >= 0.3 is 0 Å². The quantitative estimate of drug-likeness (QED) is 0.804. The fraction of sp³-hybridized carbons (Fsp3) is 0.556. The van der Waals surface area contributed by atoms with Crippen LogP contribution in [0, 0.1) is 11.7 Å². The first-order valence-corrected chi connectivity index (χ1v) is 10.4. The summed E-state index contributed by atoms with van der Waals surface area (Å²) in [6.45, 7) is 0.429. The molecule has 1 aliphatic carbocycles. The Labute approximate surface area is 147 Å². The summed E-state index contributed by atoms with van der Waals surface area (Å²) in [5, 5.41) is -0.917. The molecule has 1 amide bonds. The molecule has 25 heavy (non-hydrogen) atoms. The van der Waals surface area contributed by atoms with Gasteiger partial charge in [0.25, 0.3) is 0 Å². The Balaban J connectivity index is 1.75. The van der Waals surface area contributed by atoms with E-state index in [-0.39, 0.29) is 41.9 Å². The molecule has 5 nitrogen and oxygen atoms in total. The molecule has 1 unspecified atom stereocenters. The van der Waals surface area contributed by atoms with E-state index in [1.54, 1.807) is 11.0 Å². The van der Waals surface area contributed by atoms with Gasteiger partial charge in [0.15, 0.2) is 9.84 Å². The van der Waals surface area contributed by atoms with Crippen LogP contribution in [-0.4, -0.2) is 43.9 Å². The van der Waals surface area contributed by atoms with E-state index in [1.165, 1.54) is 18.2 Å². The van der Waals surface area contributed by atoms with Crippen LogP contribution in [0.5, 0.6) is 0 Å². The molecule has 1 aliphatic heterocycles. The van der Waals surface area contributed by atoms with Crippen molar-refractivity contribution in [2.24, 2.45) is 5.92 Å². The maximum Gasteiger partial charge on any atom is 0.225 e. The number of benzene rings is 1. The molecule has 2 fully saturated rings. The van der Waals surface area contributed by atoms with E-state index in [2.05, 4.69) is 0 Å². The van der Waals surface area contributed by atoms with Gasteiger partial charge < -0.3 is 4.90 Å². The Hall–Kier alpha value is -1.76. The molecule has 1 atom stereocenters. The van der Waals surface area contributed by atoms with Crippen LogP contribution in [0.3, 0.4) is 0 Å². The van der Waals surface area contributed by atoms with Gasteiger partial charge in [-0.05, 0) is 25.3 Å². The Morgan fingerprint density at radius 3 is 2.44 bits per heavy atom. The van der Waals surface area contributed by atoms with Gasteiger partial charge in [-0.25, -0.2) is 12.8 Å². The Bertz CT molecular complexity index is 767. The molecule has 1 saturated carbocycles. The third-order valence-electron chi connectivity index (χ3n) is 5.20. The normalized spacial score (nSPS) is 24.8. The van der Waals surface area contributed by atoms with Crippen molar-refractivity contribution >= 4 is 21.5 Å². The second-order valence-corrected chi connectivity index (χ2v) is 9.11. The second-order valence-electron chi connectivity index (χ2n) is 6.80. The number of sulfone groups is 1. The molecule has 0 aromatic heterocycles. The average molecular weight is 367 g/mol. The van der Waals surface area contributed by atoms with Crippen molar-refractivity contribution in [3.05, 3.63) is 35.6 Å². The highest BCUT2D eigenvalue weighted by Gasteiger charge is 2.36. The molecule has 2 aliphatic rings. The topological polar surface area (TPSA) is 71.5 Å². The zero-order chi connectivity index (χ0) is 18.0. The van der Waals surface area contributed by atoms with Crippen molar-refractivity contribution in [1.29, 1.82) is 0 Å². The van der Waals surface area contributed by atoms with Gasteiger partial charge in [-0.3, -0.25) is 9.59 Å². The Morgan fingerprint density at radius 1 is 1.08 bits per heavy atom. The first-order chi connectivity index (χ1) is 11.9. The van der Waals surface area contributed by atoms with E-state index in [0.717, 1.165) is 0 Å². The highest BCUT2D eigenvalue weighted by Crippen LogP contribution is 2.32. The lowest BCUT2D eigenvalue weighted by Crippen LogP contribution is -2.39. The summed E-state index contributed by atoms with van der Waals surface area (Å²) >= 11 is 0. The number of carbonyl (C=O) groups is 2. The van der Waals surface area contributed by atoms with Crippen LogP contribution in [0.4, 0.5) is 4.39 Å². The van der Waals surface area contributed by atoms with Crippen LogP contribution in [0.1, 0.15) is 42.9 Å². The lowest BCUT2D eigenvalue weighted by atomic mass is 9.87. The smallest absolute Gasteiger partial charge is 0.225 e. The van der Waals surface area contributed by atoms with E-state index in [1.807, 2.05) is 0 Å². The number of amides is 1. The van der Waals surface area contributed by atoms with E-state index in [4.69, 9.17) is 0 Å². The molecule has 7 heteroatoms. The number of rotatable bonds is 2. The third-order valence-corrected chi connectivity index (χ3v) is 7.30. The zero-order valence-electron chi connectivity index (χ0n) is 14.0. The number of nitrogens with zero attached hydrogens (tertiary/aromatic N) is 1. The molecule has 3 rings (SSSR count). The van der Waals surface area contributed by atoms with E-state index >= 15 is 0 Å². The van der Waals surface area contributed by atoms with Crippen molar-refractivity contribution in [3.8, 4) is 0 Å². The largest absolute Gasteiger partial charge is 0.341 e.